The highest BCUT2D eigenvalue weighted by Gasteiger charge is 2.25. The number of hydrogen-bond acceptors (Lipinski definition) is 2. The fourth-order valence-corrected chi connectivity index (χ4v) is 8.12. The standard InChI is InChI=1S/C53H38N2/c1-3-12-38(13-4-1)40-22-29-47(30-23-40)54(48-31-24-41(25-32-48)39-14-5-2-6-15-39)49-33-26-42(27-34-49)44-28-35-52-46(36-44)37-45-17-8-10-20-51(45)55(52)53-21-11-18-43-16-7-9-19-50(43)53/h1-36H,37H2. The first-order valence-corrected chi connectivity index (χ1v) is 19.0. The monoisotopic (exact) mass is 702 g/mol. The lowest BCUT2D eigenvalue weighted by Gasteiger charge is -2.34. The Morgan fingerprint density at radius 1 is 0.309 bits per heavy atom. The van der Waals surface area contributed by atoms with E-state index in [0.717, 1.165) is 23.5 Å². The summed E-state index contributed by atoms with van der Waals surface area (Å²) < 4.78 is 0. The Bertz CT molecular complexity index is 2660. The largest absolute Gasteiger partial charge is 0.311 e. The fourth-order valence-electron chi connectivity index (χ4n) is 8.12. The van der Waals surface area contributed by atoms with Crippen LogP contribution in [0.25, 0.3) is 44.2 Å². The predicted octanol–water partition coefficient (Wildman–Crippen LogP) is 14.7. The summed E-state index contributed by atoms with van der Waals surface area (Å²) in [6.45, 7) is 0. The zero-order valence-corrected chi connectivity index (χ0v) is 30.4. The second-order valence-corrected chi connectivity index (χ2v) is 14.2. The van der Waals surface area contributed by atoms with Gasteiger partial charge >= 0.3 is 0 Å². The van der Waals surface area contributed by atoms with Crippen molar-refractivity contribution in [2.75, 3.05) is 9.80 Å². The molecule has 0 N–H and O–H groups in total. The van der Waals surface area contributed by atoms with Crippen molar-refractivity contribution in [2.45, 2.75) is 6.42 Å². The van der Waals surface area contributed by atoms with E-state index in [1.165, 1.54) is 72.3 Å². The third-order valence-corrected chi connectivity index (χ3v) is 10.9. The van der Waals surface area contributed by atoms with Crippen molar-refractivity contribution >= 4 is 44.9 Å². The average molecular weight is 703 g/mol. The second kappa shape index (κ2) is 14.0. The van der Waals surface area contributed by atoms with Crippen LogP contribution in [-0.4, -0.2) is 0 Å². The molecule has 9 aromatic carbocycles. The molecule has 0 bridgehead atoms. The number of anilines is 6. The molecule has 1 aliphatic rings. The Hall–Kier alpha value is -7.16. The number of hydrogen-bond donors (Lipinski definition) is 0. The zero-order chi connectivity index (χ0) is 36.6. The molecule has 0 aliphatic carbocycles. The van der Waals surface area contributed by atoms with E-state index in [9.17, 15) is 0 Å². The van der Waals surface area contributed by atoms with Crippen LogP contribution in [-0.2, 0) is 6.42 Å². The quantitative estimate of drug-likeness (QED) is 0.163. The van der Waals surface area contributed by atoms with Crippen molar-refractivity contribution in [2.24, 2.45) is 0 Å². The van der Waals surface area contributed by atoms with E-state index in [0.29, 0.717) is 0 Å². The maximum absolute atomic E-state index is 2.45. The smallest absolute Gasteiger partial charge is 0.0540 e. The molecule has 0 spiro atoms. The first kappa shape index (κ1) is 32.5. The van der Waals surface area contributed by atoms with E-state index in [1.54, 1.807) is 0 Å². The second-order valence-electron chi connectivity index (χ2n) is 14.2. The molecule has 1 aliphatic heterocycles. The van der Waals surface area contributed by atoms with Gasteiger partial charge in [0.1, 0.15) is 0 Å². The summed E-state index contributed by atoms with van der Waals surface area (Å²) in [4.78, 5) is 4.80. The Kier molecular flexibility index (Phi) is 8.27. The van der Waals surface area contributed by atoms with Gasteiger partial charge in [-0.15, -0.1) is 0 Å². The van der Waals surface area contributed by atoms with Crippen molar-refractivity contribution in [3.63, 3.8) is 0 Å². The van der Waals surface area contributed by atoms with Gasteiger partial charge in [0.2, 0.25) is 0 Å². The summed E-state index contributed by atoms with van der Waals surface area (Å²) in [7, 11) is 0. The van der Waals surface area contributed by atoms with E-state index in [2.05, 4.69) is 228 Å². The normalized spacial score (nSPS) is 11.9. The highest BCUT2D eigenvalue weighted by molar-refractivity contribution is 6.00. The number of benzene rings is 9. The van der Waals surface area contributed by atoms with Gasteiger partial charge < -0.3 is 9.80 Å². The van der Waals surface area contributed by atoms with Crippen molar-refractivity contribution in [3.05, 3.63) is 230 Å². The molecule has 0 atom stereocenters. The molecule has 0 fully saturated rings. The highest BCUT2D eigenvalue weighted by Crippen LogP contribution is 2.47. The third-order valence-electron chi connectivity index (χ3n) is 10.9. The summed E-state index contributed by atoms with van der Waals surface area (Å²) >= 11 is 0. The first-order valence-electron chi connectivity index (χ1n) is 19.0. The van der Waals surface area contributed by atoms with E-state index in [4.69, 9.17) is 0 Å². The molecule has 1 heterocycles. The van der Waals surface area contributed by atoms with E-state index >= 15 is 0 Å². The van der Waals surface area contributed by atoms with Gasteiger partial charge in [-0.1, -0.05) is 158 Å². The van der Waals surface area contributed by atoms with Crippen LogP contribution in [0.1, 0.15) is 11.1 Å². The molecular formula is C53H38N2. The molecule has 0 aromatic heterocycles. The van der Waals surface area contributed by atoms with Gasteiger partial charge in [0.15, 0.2) is 0 Å². The van der Waals surface area contributed by atoms with Crippen LogP contribution in [0.4, 0.5) is 34.1 Å². The lowest BCUT2D eigenvalue weighted by molar-refractivity contribution is 1.09. The van der Waals surface area contributed by atoms with Crippen molar-refractivity contribution in [1.29, 1.82) is 0 Å². The molecule has 0 saturated heterocycles. The van der Waals surface area contributed by atoms with E-state index in [-0.39, 0.29) is 0 Å². The summed E-state index contributed by atoms with van der Waals surface area (Å²) in [6.07, 6.45) is 0.893. The first-order chi connectivity index (χ1) is 27.3. The lowest BCUT2D eigenvalue weighted by Crippen LogP contribution is -2.18. The lowest BCUT2D eigenvalue weighted by atomic mass is 9.91. The zero-order valence-electron chi connectivity index (χ0n) is 30.4. The van der Waals surface area contributed by atoms with Crippen LogP contribution in [0.2, 0.25) is 0 Å². The van der Waals surface area contributed by atoms with E-state index in [1.807, 2.05) is 0 Å². The number of para-hydroxylation sites is 1. The minimum absolute atomic E-state index is 0.893. The number of fused-ring (bicyclic) bond motifs is 3. The molecule has 0 radical (unpaired) electrons. The molecule has 0 amide bonds. The van der Waals surface area contributed by atoms with Crippen LogP contribution in [0.15, 0.2) is 218 Å². The summed E-state index contributed by atoms with van der Waals surface area (Å²) in [5.41, 5.74) is 16.9. The molecule has 2 nitrogen and oxygen atoms in total. The maximum atomic E-state index is 2.45. The van der Waals surface area contributed by atoms with Crippen LogP contribution in [0.5, 0.6) is 0 Å². The molecule has 0 unspecified atom stereocenters. The maximum Gasteiger partial charge on any atom is 0.0540 e. The van der Waals surface area contributed by atoms with Crippen LogP contribution >= 0.6 is 0 Å². The predicted molar refractivity (Wildman–Crippen MR) is 232 cm³/mol. The van der Waals surface area contributed by atoms with Gasteiger partial charge in [0.05, 0.1) is 5.69 Å². The fraction of sp³-hybridized carbons (Fsp3) is 0.0189. The van der Waals surface area contributed by atoms with Gasteiger partial charge in [0.25, 0.3) is 0 Å². The number of nitrogens with zero attached hydrogens (tertiary/aromatic N) is 2. The van der Waals surface area contributed by atoms with Crippen molar-refractivity contribution in [3.8, 4) is 33.4 Å². The molecule has 2 heteroatoms. The Labute approximate surface area is 322 Å². The van der Waals surface area contributed by atoms with Crippen LogP contribution in [0.3, 0.4) is 0 Å². The molecular weight excluding hydrogens is 665 g/mol. The Morgan fingerprint density at radius 2 is 0.745 bits per heavy atom. The van der Waals surface area contributed by atoms with Gasteiger partial charge in [-0.05, 0) is 111 Å². The summed E-state index contributed by atoms with van der Waals surface area (Å²) in [5, 5.41) is 2.50. The van der Waals surface area contributed by atoms with Gasteiger partial charge in [-0.2, -0.15) is 0 Å². The Balaban J connectivity index is 1.01. The molecule has 10 rings (SSSR count). The van der Waals surface area contributed by atoms with Crippen LogP contribution in [0, 0.1) is 0 Å². The molecule has 55 heavy (non-hydrogen) atoms. The van der Waals surface area contributed by atoms with Crippen molar-refractivity contribution in [1.82, 2.24) is 0 Å². The summed E-state index contributed by atoms with van der Waals surface area (Å²) in [5.74, 6) is 0. The summed E-state index contributed by atoms with van der Waals surface area (Å²) in [6, 6.07) is 79.1. The van der Waals surface area contributed by atoms with E-state index < -0.39 is 0 Å². The average Bonchev–Trinajstić information content (AvgIpc) is 3.27. The van der Waals surface area contributed by atoms with Gasteiger partial charge in [-0.3, -0.25) is 0 Å². The minimum atomic E-state index is 0.893. The van der Waals surface area contributed by atoms with Crippen molar-refractivity contribution < 1.29 is 0 Å². The van der Waals surface area contributed by atoms with Gasteiger partial charge in [-0.25, -0.2) is 0 Å². The Morgan fingerprint density at radius 3 is 1.36 bits per heavy atom. The highest BCUT2D eigenvalue weighted by atomic mass is 15.2. The minimum Gasteiger partial charge on any atom is -0.311 e. The van der Waals surface area contributed by atoms with Gasteiger partial charge in [0, 0.05) is 40.2 Å². The molecule has 9 aromatic rings. The van der Waals surface area contributed by atoms with Crippen LogP contribution < -0.4 is 9.80 Å². The SMILES string of the molecule is c1ccc(-c2ccc(N(c3ccc(-c4ccccc4)cc3)c3ccc(-c4ccc5c(c4)Cc4ccccc4N5c4cccc5ccccc45)cc3)cc2)cc1. The molecule has 0 saturated carbocycles. The molecule has 260 valence electrons. The number of rotatable bonds is 7. The third kappa shape index (κ3) is 6.14. The topological polar surface area (TPSA) is 6.48 Å².